The maximum absolute atomic E-state index is 13.2. The van der Waals surface area contributed by atoms with E-state index in [1.807, 2.05) is 0 Å². The van der Waals surface area contributed by atoms with Crippen molar-refractivity contribution in [1.82, 2.24) is 0 Å². The SMILES string of the molecule is N#Cc1c(F)ccc(C=O)c1C(=O)CBr. The molecule has 0 saturated carbocycles. The highest BCUT2D eigenvalue weighted by Crippen LogP contribution is 2.18. The third-order valence-electron chi connectivity index (χ3n) is 1.83. The van der Waals surface area contributed by atoms with E-state index in [1.165, 1.54) is 6.07 Å². The lowest BCUT2D eigenvalue weighted by Crippen LogP contribution is -2.09. The van der Waals surface area contributed by atoms with Crippen LogP contribution < -0.4 is 0 Å². The van der Waals surface area contributed by atoms with Crippen molar-refractivity contribution in [3.05, 3.63) is 34.6 Å². The Balaban J connectivity index is 3.56. The first kappa shape index (κ1) is 11.5. The number of halogens is 2. The lowest BCUT2D eigenvalue weighted by atomic mass is 9.99. The van der Waals surface area contributed by atoms with E-state index >= 15 is 0 Å². The summed E-state index contributed by atoms with van der Waals surface area (Å²) in [5, 5.41) is 8.63. The molecular weight excluding hydrogens is 265 g/mol. The van der Waals surface area contributed by atoms with Gasteiger partial charge in [0.05, 0.1) is 10.9 Å². The highest BCUT2D eigenvalue weighted by molar-refractivity contribution is 9.09. The molecule has 1 aromatic carbocycles. The van der Waals surface area contributed by atoms with Gasteiger partial charge in [-0.2, -0.15) is 5.26 Å². The predicted octanol–water partition coefficient (Wildman–Crippen LogP) is 2.09. The molecule has 76 valence electrons. The molecule has 0 bridgehead atoms. The average Bonchev–Trinajstić information content (AvgIpc) is 2.27. The van der Waals surface area contributed by atoms with Crippen molar-refractivity contribution in [3.8, 4) is 6.07 Å². The Bertz CT molecular complexity index is 465. The number of hydrogen-bond donors (Lipinski definition) is 0. The molecule has 0 saturated heterocycles. The molecular formula is C10H5BrFNO2. The normalized spacial score (nSPS) is 9.40. The van der Waals surface area contributed by atoms with Gasteiger partial charge in [0.2, 0.25) is 0 Å². The quantitative estimate of drug-likeness (QED) is 0.480. The molecule has 0 heterocycles. The van der Waals surface area contributed by atoms with Crippen LogP contribution in [0.5, 0.6) is 0 Å². The van der Waals surface area contributed by atoms with Crippen LogP contribution in [0.25, 0.3) is 0 Å². The van der Waals surface area contributed by atoms with Crippen molar-refractivity contribution in [2.75, 3.05) is 5.33 Å². The Kier molecular flexibility index (Phi) is 3.69. The summed E-state index contributed by atoms with van der Waals surface area (Å²) in [7, 11) is 0. The van der Waals surface area contributed by atoms with Gasteiger partial charge in [-0.25, -0.2) is 4.39 Å². The summed E-state index contributed by atoms with van der Waals surface area (Å²) in [5.41, 5.74) is -0.522. The molecule has 0 atom stereocenters. The molecule has 0 unspecified atom stereocenters. The summed E-state index contributed by atoms with van der Waals surface area (Å²) in [4.78, 5) is 22.0. The van der Waals surface area contributed by atoms with Gasteiger partial charge in [-0.15, -0.1) is 0 Å². The molecule has 1 rings (SSSR count). The second kappa shape index (κ2) is 4.80. The predicted molar refractivity (Wildman–Crippen MR) is 54.6 cm³/mol. The van der Waals surface area contributed by atoms with Gasteiger partial charge in [-0.3, -0.25) is 9.59 Å². The molecule has 0 aliphatic rings. The molecule has 5 heteroatoms. The molecule has 0 N–H and O–H groups in total. The topological polar surface area (TPSA) is 57.9 Å². The minimum absolute atomic E-state index is 0.0254. The number of benzene rings is 1. The fraction of sp³-hybridized carbons (Fsp3) is 0.100. The van der Waals surface area contributed by atoms with E-state index in [0.717, 1.165) is 6.07 Å². The zero-order valence-electron chi connectivity index (χ0n) is 7.46. The van der Waals surface area contributed by atoms with E-state index in [0.29, 0.717) is 6.29 Å². The number of Topliss-reactive ketones (excluding diaryl/α,β-unsaturated/α-hetero) is 1. The molecule has 0 aliphatic carbocycles. The molecule has 0 fully saturated rings. The third-order valence-corrected chi connectivity index (χ3v) is 2.33. The molecule has 3 nitrogen and oxygen atoms in total. The molecule has 15 heavy (non-hydrogen) atoms. The Morgan fingerprint density at radius 1 is 1.60 bits per heavy atom. The fourth-order valence-electron chi connectivity index (χ4n) is 1.17. The van der Waals surface area contributed by atoms with Gasteiger partial charge in [-0.1, -0.05) is 15.9 Å². The lowest BCUT2D eigenvalue weighted by molar-refractivity contribution is 0.101. The highest BCUT2D eigenvalue weighted by Gasteiger charge is 2.18. The number of ketones is 1. The number of carbonyl (C=O) groups excluding carboxylic acids is 2. The van der Waals surface area contributed by atoms with Crippen LogP contribution in [-0.2, 0) is 0 Å². The van der Waals surface area contributed by atoms with E-state index < -0.39 is 11.6 Å². The molecule has 0 amide bonds. The first-order valence-corrected chi connectivity index (χ1v) is 5.04. The average molecular weight is 270 g/mol. The maximum Gasteiger partial charge on any atom is 0.175 e. The third kappa shape index (κ3) is 2.10. The fourth-order valence-corrected chi connectivity index (χ4v) is 1.45. The van der Waals surface area contributed by atoms with Gasteiger partial charge < -0.3 is 0 Å². The standard InChI is InChI=1S/C10H5BrFNO2/c11-3-9(15)10-6(5-14)1-2-8(12)7(10)4-13/h1-2,5H,3H2. The van der Waals surface area contributed by atoms with Gasteiger partial charge in [0.15, 0.2) is 12.1 Å². The van der Waals surface area contributed by atoms with Crippen LogP contribution in [0.15, 0.2) is 12.1 Å². The van der Waals surface area contributed by atoms with Crippen molar-refractivity contribution in [1.29, 1.82) is 5.26 Å². The Morgan fingerprint density at radius 3 is 2.73 bits per heavy atom. The van der Waals surface area contributed by atoms with Gasteiger partial charge in [0.25, 0.3) is 0 Å². The minimum Gasteiger partial charge on any atom is -0.298 e. The first-order chi connectivity index (χ1) is 7.15. The van der Waals surface area contributed by atoms with E-state index in [2.05, 4.69) is 15.9 Å². The smallest absolute Gasteiger partial charge is 0.175 e. The number of rotatable bonds is 3. The second-order valence-corrected chi connectivity index (χ2v) is 3.23. The van der Waals surface area contributed by atoms with Crippen molar-refractivity contribution in [2.24, 2.45) is 0 Å². The zero-order valence-corrected chi connectivity index (χ0v) is 9.04. The van der Waals surface area contributed by atoms with Gasteiger partial charge in [0.1, 0.15) is 11.9 Å². The van der Waals surface area contributed by atoms with Crippen LogP contribution in [-0.4, -0.2) is 17.4 Å². The summed E-state index contributed by atoms with van der Waals surface area (Å²) >= 11 is 2.91. The summed E-state index contributed by atoms with van der Waals surface area (Å²) in [6.45, 7) is 0. The van der Waals surface area contributed by atoms with E-state index in [1.54, 1.807) is 6.07 Å². The van der Waals surface area contributed by atoms with Crippen LogP contribution in [0.3, 0.4) is 0 Å². The van der Waals surface area contributed by atoms with Gasteiger partial charge in [0, 0.05) is 11.1 Å². The van der Waals surface area contributed by atoms with Crippen LogP contribution in [0.4, 0.5) is 4.39 Å². The zero-order chi connectivity index (χ0) is 11.4. The van der Waals surface area contributed by atoms with Crippen LogP contribution in [0.2, 0.25) is 0 Å². The number of nitrogens with zero attached hydrogens (tertiary/aromatic N) is 1. The molecule has 0 radical (unpaired) electrons. The minimum atomic E-state index is -0.799. The van der Waals surface area contributed by atoms with Crippen LogP contribution in [0, 0.1) is 17.1 Å². The molecule has 0 aromatic heterocycles. The highest BCUT2D eigenvalue weighted by atomic mass is 79.9. The van der Waals surface area contributed by atoms with E-state index in [-0.39, 0.29) is 22.0 Å². The van der Waals surface area contributed by atoms with Crippen molar-refractivity contribution in [2.45, 2.75) is 0 Å². The Hall–Kier alpha value is -1.54. The number of nitriles is 1. The number of carbonyl (C=O) groups is 2. The van der Waals surface area contributed by atoms with Gasteiger partial charge >= 0.3 is 0 Å². The second-order valence-electron chi connectivity index (χ2n) is 2.67. The number of hydrogen-bond acceptors (Lipinski definition) is 3. The van der Waals surface area contributed by atoms with Crippen molar-refractivity contribution < 1.29 is 14.0 Å². The summed E-state index contributed by atoms with van der Waals surface area (Å²) in [6, 6.07) is 3.75. The first-order valence-electron chi connectivity index (χ1n) is 3.92. The van der Waals surface area contributed by atoms with Gasteiger partial charge in [-0.05, 0) is 12.1 Å². The maximum atomic E-state index is 13.2. The summed E-state index contributed by atoms with van der Waals surface area (Å²) in [5.74, 6) is -1.29. The molecule has 0 aliphatic heterocycles. The summed E-state index contributed by atoms with van der Waals surface area (Å²) in [6.07, 6.45) is 0.427. The van der Waals surface area contributed by atoms with Crippen molar-refractivity contribution >= 4 is 28.0 Å². The Labute approximate surface area is 93.6 Å². The van der Waals surface area contributed by atoms with Crippen LogP contribution in [0.1, 0.15) is 26.3 Å². The molecule has 1 aromatic rings. The number of aldehydes is 1. The van der Waals surface area contributed by atoms with Crippen molar-refractivity contribution in [3.63, 3.8) is 0 Å². The molecule has 0 spiro atoms. The Morgan fingerprint density at radius 2 is 2.27 bits per heavy atom. The van der Waals surface area contributed by atoms with Crippen LogP contribution >= 0.6 is 15.9 Å². The van der Waals surface area contributed by atoms with E-state index in [9.17, 15) is 14.0 Å². The number of alkyl halides is 1. The largest absolute Gasteiger partial charge is 0.298 e. The van der Waals surface area contributed by atoms with E-state index in [4.69, 9.17) is 5.26 Å². The lowest BCUT2D eigenvalue weighted by Gasteiger charge is -2.04. The monoisotopic (exact) mass is 269 g/mol. The summed E-state index contributed by atoms with van der Waals surface area (Å²) < 4.78 is 13.2.